The second-order valence-corrected chi connectivity index (χ2v) is 14.2. The number of nitrogens with zero attached hydrogens (tertiary/aromatic N) is 1. The van der Waals surface area contributed by atoms with Gasteiger partial charge in [0.2, 0.25) is 10.0 Å². The Bertz CT molecular complexity index is 1570. The van der Waals surface area contributed by atoms with Gasteiger partial charge in [-0.2, -0.15) is 9.59 Å². The van der Waals surface area contributed by atoms with Gasteiger partial charge in [0, 0.05) is 28.4 Å². The molecule has 1 amide bonds. The number of hydrogen-bond donors (Lipinski definition) is 2. The Hall–Kier alpha value is -3.24. The highest BCUT2D eigenvalue weighted by Gasteiger charge is 2.32. The van der Waals surface area contributed by atoms with E-state index in [0.29, 0.717) is 21.3 Å². The summed E-state index contributed by atoms with van der Waals surface area (Å²) in [5, 5.41) is 4.59. The molecule has 11 heteroatoms. The summed E-state index contributed by atoms with van der Waals surface area (Å²) in [6, 6.07) is 10.8. The Balaban J connectivity index is 0.00000124. The van der Waals surface area contributed by atoms with Crippen molar-refractivity contribution in [2.24, 2.45) is 5.92 Å². The summed E-state index contributed by atoms with van der Waals surface area (Å²) in [6.07, 6.45) is 8.09. The summed E-state index contributed by atoms with van der Waals surface area (Å²) >= 11 is 1.22. The third-order valence-corrected chi connectivity index (χ3v) is 10.2. The fourth-order valence-corrected chi connectivity index (χ4v) is 7.93. The molecule has 2 N–H and O–H groups in total. The molecule has 2 saturated carbocycles. The van der Waals surface area contributed by atoms with E-state index in [2.05, 4.69) is 15.0 Å². The number of aromatic nitrogens is 1. The van der Waals surface area contributed by atoms with Crippen LogP contribution in [0.2, 0.25) is 0 Å². The molecular weight excluding hydrogens is 562 g/mol. The molecule has 41 heavy (non-hydrogen) atoms. The number of benzene rings is 2. The lowest BCUT2D eigenvalue weighted by Crippen LogP contribution is -2.40. The van der Waals surface area contributed by atoms with Crippen LogP contribution in [0.3, 0.4) is 0 Å². The number of ketones is 1. The van der Waals surface area contributed by atoms with Gasteiger partial charge in [0.25, 0.3) is 5.91 Å². The lowest BCUT2D eigenvalue weighted by Gasteiger charge is -2.25. The van der Waals surface area contributed by atoms with E-state index in [-0.39, 0.29) is 39.7 Å². The Labute approximate surface area is 244 Å². The monoisotopic (exact) mass is 597 g/mol. The maximum Gasteiger partial charge on any atom is 0.373 e. The number of Topliss-reactive ketones (excluding diaryl/α,β-unsaturated/α-hetero) is 1. The second kappa shape index (κ2) is 12.7. The predicted molar refractivity (Wildman–Crippen MR) is 156 cm³/mol. The van der Waals surface area contributed by atoms with Crippen molar-refractivity contribution in [1.82, 2.24) is 15.0 Å². The van der Waals surface area contributed by atoms with Gasteiger partial charge < -0.3 is 5.32 Å². The molecule has 5 rings (SSSR count). The summed E-state index contributed by atoms with van der Waals surface area (Å²) in [7, 11) is -3.80. The molecule has 9 nitrogen and oxygen atoms in total. The molecule has 2 aromatic carbocycles. The van der Waals surface area contributed by atoms with E-state index in [1.165, 1.54) is 11.3 Å². The van der Waals surface area contributed by atoms with Crippen molar-refractivity contribution in [1.29, 1.82) is 0 Å². The van der Waals surface area contributed by atoms with Gasteiger partial charge in [0.05, 0.1) is 9.77 Å². The minimum Gasteiger partial charge on any atom is -0.347 e. The SMILES string of the molecule is CC(C)(C)NS(=O)(=O)c1ccc(-c2sc(C(=O)NC3CCC3)nc2C(=O)C2CCCCC2)c2ccccc12.O=C=O. The molecule has 0 spiro atoms. The first-order valence-corrected chi connectivity index (χ1v) is 16.2. The van der Waals surface area contributed by atoms with E-state index in [4.69, 9.17) is 9.59 Å². The van der Waals surface area contributed by atoms with E-state index in [9.17, 15) is 18.0 Å². The highest BCUT2D eigenvalue weighted by Crippen LogP contribution is 2.40. The van der Waals surface area contributed by atoms with Gasteiger partial charge in [-0.15, -0.1) is 11.3 Å². The quantitative estimate of drug-likeness (QED) is 0.343. The maximum absolute atomic E-state index is 13.7. The van der Waals surface area contributed by atoms with Gasteiger partial charge in [0.1, 0.15) is 5.69 Å². The summed E-state index contributed by atoms with van der Waals surface area (Å²) in [4.78, 5) is 48.5. The molecule has 0 radical (unpaired) electrons. The van der Waals surface area contributed by atoms with Crippen molar-refractivity contribution in [3.8, 4) is 10.4 Å². The largest absolute Gasteiger partial charge is 0.373 e. The lowest BCUT2D eigenvalue weighted by atomic mass is 9.84. The molecule has 0 atom stereocenters. The average Bonchev–Trinajstić information content (AvgIpc) is 3.34. The molecular formula is C30H35N3O6S2. The van der Waals surface area contributed by atoms with Crippen molar-refractivity contribution >= 4 is 50.0 Å². The Kier molecular flexibility index (Phi) is 9.54. The summed E-state index contributed by atoms with van der Waals surface area (Å²) in [5.74, 6) is -0.371. The van der Waals surface area contributed by atoms with Crippen molar-refractivity contribution < 1.29 is 27.6 Å². The maximum atomic E-state index is 13.7. The highest BCUT2D eigenvalue weighted by molar-refractivity contribution is 7.89. The van der Waals surface area contributed by atoms with Gasteiger partial charge in [-0.3, -0.25) is 9.59 Å². The van der Waals surface area contributed by atoms with Crippen LogP contribution in [0, 0.1) is 5.92 Å². The molecule has 2 fully saturated rings. The van der Waals surface area contributed by atoms with Crippen LogP contribution in [0.5, 0.6) is 0 Å². The number of nitrogens with one attached hydrogen (secondary N) is 2. The zero-order valence-electron chi connectivity index (χ0n) is 23.5. The summed E-state index contributed by atoms with van der Waals surface area (Å²) < 4.78 is 29.3. The standard InChI is InChI=1S/C29H35N3O4S2.CO2/c1-29(2,3)32-38(35,36)23-17-16-22(20-14-7-8-15-21(20)23)26-24(25(33)18-10-5-4-6-11-18)31-28(37-26)27(34)30-19-12-9-13-19;2-1-3/h7-8,14-19,32H,4-6,9-13H2,1-3H3,(H,30,34);. The number of hydrogen-bond acceptors (Lipinski definition) is 8. The average molecular weight is 598 g/mol. The van der Waals surface area contributed by atoms with Crippen LogP contribution in [0.15, 0.2) is 41.3 Å². The third kappa shape index (κ3) is 7.16. The van der Waals surface area contributed by atoms with E-state index in [1.54, 1.807) is 45.0 Å². The van der Waals surface area contributed by atoms with Crippen molar-refractivity contribution in [2.75, 3.05) is 0 Å². The highest BCUT2D eigenvalue weighted by atomic mass is 32.2. The van der Waals surface area contributed by atoms with Gasteiger partial charge in [-0.1, -0.05) is 49.6 Å². The number of carbonyl (C=O) groups excluding carboxylic acids is 4. The summed E-state index contributed by atoms with van der Waals surface area (Å²) in [6.45, 7) is 5.41. The van der Waals surface area contributed by atoms with Crippen LogP contribution in [-0.2, 0) is 19.6 Å². The fourth-order valence-electron chi connectivity index (χ4n) is 5.29. The first-order valence-electron chi connectivity index (χ1n) is 13.9. The van der Waals surface area contributed by atoms with Gasteiger partial charge in [-0.25, -0.2) is 18.1 Å². The zero-order valence-corrected chi connectivity index (χ0v) is 25.1. The fraction of sp³-hybridized carbons (Fsp3) is 0.467. The number of rotatable bonds is 7. The van der Waals surface area contributed by atoms with E-state index in [0.717, 1.165) is 56.9 Å². The molecule has 2 aliphatic carbocycles. The molecule has 0 bridgehead atoms. The lowest BCUT2D eigenvalue weighted by molar-refractivity contribution is -0.191. The minimum absolute atomic E-state index is 0.0196. The molecule has 0 aliphatic heterocycles. The minimum atomic E-state index is -3.80. The van der Waals surface area contributed by atoms with Crippen LogP contribution < -0.4 is 10.0 Å². The van der Waals surface area contributed by atoms with Crippen molar-refractivity contribution in [2.45, 2.75) is 88.6 Å². The van der Waals surface area contributed by atoms with Gasteiger partial charge >= 0.3 is 6.15 Å². The number of sulfonamides is 1. The first kappa shape index (κ1) is 30.7. The number of fused-ring (bicyclic) bond motifs is 1. The molecule has 1 heterocycles. The molecule has 2 aliphatic rings. The van der Waals surface area contributed by atoms with Crippen LogP contribution in [0.4, 0.5) is 0 Å². The van der Waals surface area contributed by atoms with Crippen LogP contribution in [-0.4, -0.2) is 42.8 Å². The van der Waals surface area contributed by atoms with E-state index >= 15 is 0 Å². The molecule has 3 aromatic rings. The number of thiazole rings is 1. The number of amides is 1. The predicted octanol–water partition coefficient (Wildman–Crippen LogP) is 5.50. The third-order valence-electron chi connectivity index (χ3n) is 7.33. The zero-order chi connectivity index (χ0) is 29.8. The van der Waals surface area contributed by atoms with Crippen molar-refractivity contribution in [3.63, 3.8) is 0 Å². The van der Waals surface area contributed by atoms with Gasteiger partial charge in [0.15, 0.2) is 10.8 Å². The van der Waals surface area contributed by atoms with Crippen molar-refractivity contribution in [3.05, 3.63) is 47.1 Å². The topological polar surface area (TPSA) is 139 Å². The first-order chi connectivity index (χ1) is 19.4. The van der Waals surface area contributed by atoms with E-state index < -0.39 is 15.6 Å². The normalized spacial score (nSPS) is 16.3. The molecule has 1 aromatic heterocycles. The second-order valence-electron chi connectivity index (χ2n) is 11.6. The van der Waals surface area contributed by atoms with E-state index in [1.807, 2.05) is 12.1 Å². The number of carbonyl (C=O) groups is 2. The van der Waals surface area contributed by atoms with Crippen LogP contribution in [0.25, 0.3) is 21.2 Å². The van der Waals surface area contributed by atoms with Gasteiger partial charge in [-0.05, 0) is 64.3 Å². The Morgan fingerprint density at radius 1 is 0.927 bits per heavy atom. The molecule has 0 unspecified atom stereocenters. The van der Waals surface area contributed by atoms with Crippen LogP contribution in [0.1, 0.15) is 92.4 Å². The summed E-state index contributed by atoms with van der Waals surface area (Å²) in [5.41, 5.74) is 0.405. The van der Waals surface area contributed by atoms with Crippen LogP contribution >= 0.6 is 11.3 Å². The molecule has 0 saturated heterocycles. The molecule has 218 valence electrons. The smallest absolute Gasteiger partial charge is 0.347 e. The Morgan fingerprint density at radius 3 is 2.15 bits per heavy atom. The Morgan fingerprint density at radius 2 is 1.56 bits per heavy atom.